The first-order valence-corrected chi connectivity index (χ1v) is 11.8. The number of rotatable bonds is 17. The largest absolute Gasteiger partial charge is 0.333 e. The average molecular weight is 383 g/mol. The van der Waals surface area contributed by atoms with Gasteiger partial charge in [-0.1, -0.05) is 77.4 Å². The summed E-state index contributed by atoms with van der Waals surface area (Å²) >= 11 is 0. The third-order valence-electron chi connectivity index (χ3n) is 4.25. The van der Waals surface area contributed by atoms with Crippen molar-refractivity contribution in [3.05, 3.63) is 12.2 Å². The van der Waals surface area contributed by atoms with Crippen molar-refractivity contribution in [1.29, 1.82) is 0 Å². The second kappa shape index (κ2) is 21.7. The molecule has 0 unspecified atom stereocenters. The minimum Gasteiger partial charge on any atom is -0.333 e. The van der Waals surface area contributed by atoms with Crippen molar-refractivity contribution in [3.63, 3.8) is 0 Å². The molecule has 0 aromatic rings. The molecule has 0 atom stereocenters. The van der Waals surface area contributed by atoms with Gasteiger partial charge in [0.1, 0.15) is 5.78 Å². The van der Waals surface area contributed by atoms with Crippen molar-refractivity contribution in [3.8, 4) is 0 Å². The molecule has 0 saturated heterocycles. The van der Waals surface area contributed by atoms with Crippen LogP contribution in [0.1, 0.15) is 117 Å². The van der Waals surface area contributed by atoms with Crippen molar-refractivity contribution >= 4 is 5.78 Å². The van der Waals surface area contributed by atoms with Crippen LogP contribution < -0.4 is 0 Å². The SMILES string of the molecule is CCCCCCCC/C=C\CCCCCCCC(=O)CCC.C[N+](C)(C)C. The second-order valence-electron chi connectivity index (χ2n) is 9.31. The fourth-order valence-corrected chi connectivity index (χ4v) is 2.80. The molecule has 0 amide bonds. The van der Waals surface area contributed by atoms with Gasteiger partial charge in [0, 0.05) is 12.8 Å². The van der Waals surface area contributed by atoms with Gasteiger partial charge in [-0.25, -0.2) is 0 Å². The molecule has 0 saturated carbocycles. The Hall–Kier alpha value is -0.630. The molecule has 0 bridgehead atoms. The van der Waals surface area contributed by atoms with Crippen molar-refractivity contribution in [2.45, 2.75) is 117 Å². The molecule has 2 nitrogen and oxygen atoms in total. The molecule has 0 aromatic carbocycles. The van der Waals surface area contributed by atoms with Crippen molar-refractivity contribution in [2.24, 2.45) is 0 Å². The van der Waals surface area contributed by atoms with Crippen molar-refractivity contribution < 1.29 is 9.28 Å². The molecule has 0 aromatic heterocycles. The van der Waals surface area contributed by atoms with E-state index < -0.39 is 0 Å². The molecule has 0 radical (unpaired) electrons. The van der Waals surface area contributed by atoms with E-state index in [-0.39, 0.29) is 0 Å². The van der Waals surface area contributed by atoms with Crippen LogP contribution in [0.3, 0.4) is 0 Å². The summed E-state index contributed by atoms with van der Waals surface area (Å²) in [5.41, 5.74) is 0. The zero-order valence-electron chi connectivity index (χ0n) is 19.8. The normalized spacial score (nSPS) is 11.5. The van der Waals surface area contributed by atoms with E-state index in [1.807, 2.05) is 0 Å². The van der Waals surface area contributed by atoms with Gasteiger partial charge in [-0.3, -0.25) is 4.79 Å². The summed E-state index contributed by atoms with van der Waals surface area (Å²) in [6.45, 7) is 4.35. The first kappa shape index (κ1) is 28.6. The van der Waals surface area contributed by atoms with E-state index in [0.717, 1.165) is 30.2 Å². The van der Waals surface area contributed by atoms with E-state index in [4.69, 9.17) is 0 Å². The maximum absolute atomic E-state index is 11.4. The van der Waals surface area contributed by atoms with Crippen LogP contribution >= 0.6 is 0 Å². The second-order valence-corrected chi connectivity index (χ2v) is 9.31. The fraction of sp³-hybridized carbons (Fsp3) is 0.880. The predicted octanol–water partition coefficient (Wildman–Crippen LogP) is 7.72. The first-order valence-electron chi connectivity index (χ1n) is 11.8. The van der Waals surface area contributed by atoms with Crippen LogP contribution in [0, 0.1) is 0 Å². The number of nitrogens with zero attached hydrogens (tertiary/aromatic N) is 1. The number of hydrogen-bond donors (Lipinski definition) is 0. The number of allylic oxidation sites excluding steroid dienone is 2. The van der Waals surface area contributed by atoms with Gasteiger partial charge in [-0.05, 0) is 38.5 Å². The highest BCUT2D eigenvalue weighted by Crippen LogP contribution is 2.10. The summed E-state index contributed by atoms with van der Waals surface area (Å²) in [6, 6.07) is 0. The molecule has 0 rings (SSSR count). The van der Waals surface area contributed by atoms with Crippen LogP contribution in [0.5, 0.6) is 0 Å². The average Bonchev–Trinajstić information content (AvgIpc) is 2.57. The van der Waals surface area contributed by atoms with E-state index in [2.05, 4.69) is 54.2 Å². The van der Waals surface area contributed by atoms with Gasteiger partial charge in [0.25, 0.3) is 0 Å². The standard InChI is InChI=1S/C21H40O.C4H12N/c1-3-5-6-7-8-9-10-11-12-13-14-15-16-17-18-20-21(22)19-4-2;1-5(2,3)4/h11-12H,3-10,13-20H2,1-2H3;1-4H3/q;+1/b12-11-;. The number of ketones is 1. The van der Waals surface area contributed by atoms with Crippen LogP contribution in [-0.2, 0) is 4.79 Å². The number of hydrogen-bond acceptors (Lipinski definition) is 1. The highest BCUT2D eigenvalue weighted by Gasteiger charge is 1.99. The van der Waals surface area contributed by atoms with Gasteiger partial charge in [-0.15, -0.1) is 0 Å². The molecule has 0 heterocycles. The number of unbranched alkanes of at least 4 members (excludes halogenated alkanes) is 11. The summed E-state index contributed by atoms with van der Waals surface area (Å²) in [5.74, 6) is 0.458. The summed E-state index contributed by atoms with van der Waals surface area (Å²) < 4.78 is 1.00. The topological polar surface area (TPSA) is 17.1 Å². The Morgan fingerprint density at radius 3 is 1.44 bits per heavy atom. The number of carbonyl (C=O) groups excluding carboxylic acids is 1. The monoisotopic (exact) mass is 382 g/mol. The summed E-state index contributed by atoms with van der Waals surface area (Å²) in [4.78, 5) is 11.4. The van der Waals surface area contributed by atoms with Crippen LogP contribution in [0.15, 0.2) is 12.2 Å². The molecule has 0 fully saturated rings. The smallest absolute Gasteiger partial charge is 0.132 e. The Balaban J connectivity index is 0. The zero-order valence-corrected chi connectivity index (χ0v) is 19.8. The number of Topliss-reactive ketones (excluding diaryl/α,β-unsaturated/α-hetero) is 1. The predicted molar refractivity (Wildman–Crippen MR) is 123 cm³/mol. The Bertz CT molecular complexity index is 322. The molecule has 162 valence electrons. The highest BCUT2D eigenvalue weighted by atomic mass is 16.1. The van der Waals surface area contributed by atoms with Crippen molar-refractivity contribution in [1.82, 2.24) is 0 Å². The lowest BCUT2D eigenvalue weighted by molar-refractivity contribution is -0.849. The Labute approximate surface area is 172 Å². The maximum atomic E-state index is 11.4. The van der Waals surface area contributed by atoms with E-state index in [1.165, 1.54) is 77.0 Å². The van der Waals surface area contributed by atoms with Gasteiger partial charge in [0.15, 0.2) is 0 Å². The third kappa shape index (κ3) is 36.9. The van der Waals surface area contributed by atoms with E-state index in [9.17, 15) is 4.79 Å². The van der Waals surface area contributed by atoms with Crippen LogP contribution in [-0.4, -0.2) is 38.5 Å². The molecule has 27 heavy (non-hydrogen) atoms. The highest BCUT2D eigenvalue weighted by molar-refractivity contribution is 5.78. The molecule has 0 aliphatic carbocycles. The van der Waals surface area contributed by atoms with Crippen LogP contribution in [0.25, 0.3) is 0 Å². The first-order chi connectivity index (χ1) is 12.8. The van der Waals surface area contributed by atoms with E-state index in [0.29, 0.717) is 5.78 Å². The number of carbonyl (C=O) groups is 1. The van der Waals surface area contributed by atoms with Gasteiger partial charge in [0.2, 0.25) is 0 Å². The van der Waals surface area contributed by atoms with Gasteiger partial charge in [0.05, 0.1) is 28.2 Å². The molecule has 2 heteroatoms. The van der Waals surface area contributed by atoms with E-state index in [1.54, 1.807) is 0 Å². The van der Waals surface area contributed by atoms with Gasteiger partial charge in [-0.2, -0.15) is 0 Å². The zero-order chi connectivity index (χ0) is 20.8. The third-order valence-corrected chi connectivity index (χ3v) is 4.25. The maximum Gasteiger partial charge on any atom is 0.132 e. The lowest BCUT2D eigenvalue weighted by Crippen LogP contribution is -2.27. The number of quaternary nitrogens is 1. The van der Waals surface area contributed by atoms with Crippen LogP contribution in [0.4, 0.5) is 0 Å². The molecule has 0 aliphatic rings. The van der Waals surface area contributed by atoms with Crippen LogP contribution in [0.2, 0.25) is 0 Å². The van der Waals surface area contributed by atoms with E-state index >= 15 is 0 Å². The van der Waals surface area contributed by atoms with Crippen molar-refractivity contribution in [2.75, 3.05) is 28.2 Å². The van der Waals surface area contributed by atoms with Gasteiger partial charge >= 0.3 is 0 Å². The molecule has 0 spiro atoms. The molecular weight excluding hydrogens is 330 g/mol. The fourth-order valence-electron chi connectivity index (χ4n) is 2.80. The lowest BCUT2D eigenvalue weighted by atomic mass is 10.1. The molecule has 0 N–H and O–H groups in total. The molecule has 0 aliphatic heterocycles. The lowest BCUT2D eigenvalue weighted by Gasteiger charge is -2.14. The Morgan fingerprint density at radius 1 is 0.593 bits per heavy atom. The summed E-state index contributed by atoms with van der Waals surface area (Å²) in [5, 5.41) is 0. The van der Waals surface area contributed by atoms with Gasteiger partial charge < -0.3 is 4.48 Å². The quantitative estimate of drug-likeness (QED) is 0.143. The minimum absolute atomic E-state index is 0.458. The summed E-state index contributed by atoms with van der Waals surface area (Å²) in [7, 11) is 8.50. The Morgan fingerprint density at radius 2 is 1.00 bits per heavy atom. The molecular formula is C25H52NO+. The summed E-state index contributed by atoms with van der Waals surface area (Å²) in [6.07, 6.45) is 24.5. The Kier molecular flexibility index (Phi) is 22.9. The minimum atomic E-state index is 0.458.